The summed E-state index contributed by atoms with van der Waals surface area (Å²) < 4.78 is 37.2. The van der Waals surface area contributed by atoms with Crippen molar-refractivity contribution in [2.45, 2.75) is 37.6 Å². The fraction of sp³-hybridized carbons (Fsp3) is 0.412. The van der Waals surface area contributed by atoms with Crippen LogP contribution in [0.2, 0.25) is 0 Å². The maximum atomic E-state index is 12.3. The summed E-state index contributed by atoms with van der Waals surface area (Å²) in [5.74, 6) is 0.105. The molecule has 0 aliphatic carbocycles. The summed E-state index contributed by atoms with van der Waals surface area (Å²) in [4.78, 5) is 16.4. The lowest BCUT2D eigenvalue weighted by atomic mass is 10.1. The van der Waals surface area contributed by atoms with Crippen molar-refractivity contribution in [3.05, 3.63) is 42.1 Å². The number of ether oxygens (including phenoxy) is 1. The summed E-state index contributed by atoms with van der Waals surface area (Å²) in [5, 5.41) is 2.68. The smallest absolute Gasteiger partial charge is 0.277 e. The average Bonchev–Trinajstić information content (AvgIpc) is 3.05. The van der Waals surface area contributed by atoms with E-state index in [2.05, 4.69) is 15.0 Å². The van der Waals surface area contributed by atoms with E-state index in [-0.39, 0.29) is 29.2 Å². The second-order valence-corrected chi connectivity index (χ2v) is 7.89. The fourth-order valence-corrected chi connectivity index (χ4v) is 3.59. The van der Waals surface area contributed by atoms with Gasteiger partial charge in [0.05, 0.1) is 11.5 Å². The number of carbonyl (C=O) groups is 1. The molecule has 2 N–H and O–H groups in total. The number of methoxy groups -OCH3 is 1. The number of oxazole rings is 1. The van der Waals surface area contributed by atoms with E-state index in [0.29, 0.717) is 11.4 Å². The maximum Gasteiger partial charge on any atom is 0.277 e. The van der Waals surface area contributed by atoms with Gasteiger partial charge in [0, 0.05) is 24.8 Å². The Balaban J connectivity index is 2.10. The minimum Gasteiger partial charge on any atom is -0.447 e. The van der Waals surface area contributed by atoms with E-state index in [4.69, 9.17) is 9.15 Å². The number of hydrogen-bond acceptors (Lipinski definition) is 6. The van der Waals surface area contributed by atoms with Crippen LogP contribution in [-0.2, 0) is 14.8 Å². The molecule has 2 aromatic rings. The van der Waals surface area contributed by atoms with Crippen molar-refractivity contribution < 1.29 is 22.4 Å². The van der Waals surface area contributed by atoms with Crippen LogP contribution in [-0.4, -0.2) is 39.1 Å². The second kappa shape index (κ2) is 8.43. The van der Waals surface area contributed by atoms with Crippen LogP contribution >= 0.6 is 0 Å². The molecule has 1 aromatic carbocycles. The van der Waals surface area contributed by atoms with Crippen molar-refractivity contribution in [3.8, 4) is 0 Å². The van der Waals surface area contributed by atoms with Gasteiger partial charge in [0.2, 0.25) is 10.0 Å². The summed E-state index contributed by atoms with van der Waals surface area (Å²) in [7, 11) is -2.16. The number of hydrogen-bond donors (Lipinski definition) is 2. The molecule has 1 amide bonds. The van der Waals surface area contributed by atoms with Crippen LogP contribution in [0, 0.1) is 0 Å². The highest BCUT2D eigenvalue weighted by molar-refractivity contribution is 7.89. The Bertz CT molecular complexity index is 844. The molecule has 0 bridgehead atoms. The maximum absolute atomic E-state index is 12.3. The molecule has 0 saturated carbocycles. The predicted molar refractivity (Wildman–Crippen MR) is 96.6 cm³/mol. The van der Waals surface area contributed by atoms with Crippen LogP contribution < -0.4 is 10.0 Å². The van der Waals surface area contributed by atoms with Gasteiger partial charge >= 0.3 is 0 Å². The number of nitrogens with zero attached hydrogens (tertiary/aromatic N) is 1. The number of rotatable bonds is 8. The molecule has 26 heavy (non-hydrogen) atoms. The predicted octanol–water partition coefficient (Wildman–Crippen LogP) is 2.36. The summed E-state index contributed by atoms with van der Waals surface area (Å²) in [6, 6.07) is 5.52. The molecule has 0 radical (unpaired) electrons. The number of benzene rings is 1. The first-order chi connectivity index (χ1) is 12.2. The number of carbonyl (C=O) groups excluding carboxylic acids is 1. The summed E-state index contributed by atoms with van der Waals surface area (Å²) in [6.45, 7) is 5.77. The minimum absolute atomic E-state index is 0.0194. The van der Waals surface area contributed by atoms with Crippen LogP contribution in [0.4, 0.5) is 5.69 Å². The van der Waals surface area contributed by atoms with Crippen molar-refractivity contribution in [2.75, 3.05) is 19.0 Å². The normalized spacial score (nSPS) is 13.0. The standard InChI is InChI=1S/C17H23N3O5S/c1-11(2)16-15(18-10-25-16)17(21)19-13-5-7-14(8-6-13)26(22,23)20-12(3)9-24-4/h5-8,10-12,20H,9H2,1-4H3,(H,19,21)/t12-/m0/s1. The third kappa shape index (κ3) is 4.90. The molecule has 1 heterocycles. The Morgan fingerprint density at radius 1 is 1.23 bits per heavy atom. The molecular formula is C17H23N3O5S. The Kier molecular flexibility index (Phi) is 6.52. The van der Waals surface area contributed by atoms with Gasteiger partial charge in [-0.3, -0.25) is 4.79 Å². The molecule has 0 unspecified atom stereocenters. The van der Waals surface area contributed by atoms with Crippen LogP contribution in [0.15, 0.2) is 40.0 Å². The van der Waals surface area contributed by atoms with Crippen molar-refractivity contribution >= 4 is 21.6 Å². The monoisotopic (exact) mass is 381 g/mol. The van der Waals surface area contributed by atoms with Gasteiger partial charge in [0.1, 0.15) is 5.76 Å². The molecular weight excluding hydrogens is 358 g/mol. The second-order valence-electron chi connectivity index (χ2n) is 6.18. The highest BCUT2D eigenvalue weighted by Gasteiger charge is 2.20. The molecule has 9 heteroatoms. The molecule has 0 saturated heterocycles. The van der Waals surface area contributed by atoms with Crippen LogP contribution in [0.5, 0.6) is 0 Å². The number of sulfonamides is 1. The van der Waals surface area contributed by atoms with Gasteiger partial charge in [0.25, 0.3) is 5.91 Å². The molecule has 0 spiro atoms. The van der Waals surface area contributed by atoms with Gasteiger partial charge in [-0.1, -0.05) is 13.8 Å². The Hall–Kier alpha value is -2.23. The van der Waals surface area contributed by atoms with E-state index in [0.717, 1.165) is 0 Å². The largest absolute Gasteiger partial charge is 0.447 e. The van der Waals surface area contributed by atoms with E-state index in [1.165, 1.54) is 37.8 Å². The van der Waals surface area contributed by atoms with E-state index >= 15 is 0 Å². The van der Waals surface area contributed by atoms with Crippen molar-refractivity contribution in [2.24, 2.45) is 0 Å². The van der Waals surface area contributed by atoms with Crippen LogP contribution in [0.1, 0.15) is 42.9 Å². The van der Waals surface area contributed by atoms with Crippen molar-refractivity contribution in [3.63, 3.8) is 0 Å². The molecule has 8 nitrogen and oxygen atoms in total. The summed E-state index contributed by atoms with van der Waals surface area (Å²) >= 11 is 0. The molecule has 2 rings (SSSR count). The third-order valence-electron chi connectivity index (χ3n) is 3.53. The SMILES string of the molecule is COC[C@H](C)NS(=O)(=O)c1ccc(NC(=O)c2ncoc2C(C)C)cc1. The van der Waals surface area contributed by atoms with Gasteiger partial charge in [0.15, 0.2) is 12.1 Å². The zero-order chi connectivity index (χ0) is 19.3. The zero-order valence-corrected chi connectivity index (χ0v) is 16.0. The van der Waals surface area contributed by atoms with Gasteiger partial charge < -0.3 is 14.5 Å². The van der Waals surface area contributed by atoms with Gasteiger partial charge in [-0.15, -0.1) is 0 Å². The first-order valence-corrected chi connectivity index (χ1v) is 9.59. The highest BCUT2D eigenvalue weighted by Crippen LogP contribution is 2.20. The zero-order valence-electron chi connectivity index (χ0n) is 15.1. The van der Waals surface area contributed by atoms with Crippen molar-refractivity contribution in [1.82, 2.24) is 9.71 Å². The first-order valence-electron chi connectivity index (χ1n) is 8.10. The van der Waals surface area contributed by atoms with E-state index in [1.54, 1.807) is 6.92 Å². The molecule has 142 valence electrons. The van der Waals surface area contributed by atoms with E-state index in [9.17, 15) is 13.2 Å². The highest BCUT2D eigenvalue weighted by atomic mass is 32.2. The fourth-order valence-electron chi connectivity index (χ4n) is 2.36. The number of aromatic nitrogens is 1. The molecule has 0 aliphatic heterocycles. The molecule has 0 fully saturated rings. The lowest BCUT2D eigenvalue weighted by molar-refractivity contribution is 0.102. The number of amides is 1. The lowest BCUT2D eigenvalue weighted by Crippen LogP contribution is -2.35. The Morgan fingerprint density at radius 2 is 1.88 bits per heavy atom. The molecule has 0 aliphatic rings. The lowest BCUT2D eigenvalue weighted by Gasteiger charge is -2.13. The van der Waals surface area contributed by atoms with E-state index in [1.807, 2.05) is 13.8 Å². The van der Waals surface area contributed by atoms with Crippen LogP contribution in [0.3, 0.4) is 0 Å². The third-order valence-corrected chi connectivity index (χ3v) is 5.14. The van der Waals surface area contributed by atoms with Gasteiger partial charge in [-0.2, -0.15) is 0 Å². The van der Waals surface area contributed by atoms with Crippen molar-refractivity contribution in [1.29, 1.82) is 0 Å². The average molecular weight is 381 g/mol. The van der Waals surface area contributed by atoms with Crippen LogP contribution in [0.25, 0.3) is 0 Å². The molecule has 1 atom stereocenters. The Morgan fingerprint density at radius 3 is 2.46 bits per heavy atom. The topological polar surface area (TPSA) is 111 Å². The minimum atomic E-state index is -3.66. The molecule has 1 aromatic heterocycles. The van der Waals surface area contributed by atoms with E-state index < -0.39 is 15.9 Å². The Labute approximate surface area is 153 Å². The van der Waals surface area contributed by atoms with Gasteiger partial charge in [-0.05, 0) is 31.2 Å². The first kappa shape index (κ1) is 20.1. The quantitative estimate of drug-likeness (QED) is 0.726. The summed E-state index contributed by atoms with van der Waals surface area (Å²) in [5.41, 5.74) is 0.670. The number of nitrogens with one attached hydrogen (secondary N) is 2. The number of anilines is 1. The summed E-state index contributed by atoms with van der Waals surface area (Å²) in [6.07, 6.45) is 1.23. The van der Waals surface area contributed by atoms with Gasteiger partial charge in [-0.25, -0.2) is 18.1 Å².